The normalized spacial score (nSPS) is 20.3. The minimum absolute atomic E-state index is 0. The number of carbonyl (C=O) groups excluding carboxylic acids is 1. The first kappa shape index (κ1) is 22.9. The Balaban J connectivity index is 0.00000338. The average Bonchev–Trinajstić information content (AvgIpc) is 2.50. The number of halogens is 1. The highest BCUT2D eigenvalue weighted by molar-refractivity contribution is 5.85. The summed E-state index contributed by atoms with van der Waals surface area (Å²) in [6.07, 6.45) is 1.83. The van der Waals surface area contributed by atoms with Crippen molar-refractivity contribution in [2.24, 2.45) is 11.1 Å². The zero-order chi connectivity index (χ0) is 18.7. The van der Waals surface area contributed by atoms with Crippen molar-refractivity contribution in [3.8, 4) is 0 Å². The Morgan fingerprint density at radius 3 is 2.42 bits per heavy atom. The predicted molar refractivity (Wildman–Crippen MR) is 112 cm³/mol. The Morgan fingerprint density at radius 1 is 1.27 bits per heavy atom. The van der Waals surface area contributed by atoms with Crippen LogP contribution < -0.4 is 11.1 Å². The molecule has 1 fully saturated rings. The smallest absolute Gasteiger partial charge is 0.234 e. The van der Waals surface area contributed by atoms with Crippen LogP contribution in [-0.4, -0.2) is 43.0 Å². The lowest BCUT2D eigenvalue weighted by atomic mass is 9.80. The molecule has 0 saturated carbocycles. The lowest BCUT2D eigenvalue weighted by molar-refractivity contribution is -0.123. The molecule has 1 heterocycles. The van der Waals surface area contributed by atoms with E-state index in [0.717, 1.165) is 25.9 Å². The van der Waals surface area contributed by atoms with E-state index >= 15 is 0 Å². The van der Waals surface area contributed by atoms with Crippen LogP contribution in [0.25, 0.3) is 0 Å². The van der Waals surface area contributed by atoms with E-state index in [1.807, 2.05) is 0 Å². The molecule has 0 spiro atoms. The Morgan fingerprint density at radius 2 is 1.88 bits per heavy atom. The average molecular weight is 382 g/mol. The lowest BCUT2D eigenvalue weighted by Crippen LogP contribution is -2.54. The monoisotopic (exact) mass is 381 g/mol. The molecule has 1 amide bonds. The van der Waals surface area contributed by atoms with Gasteiger partial charge in [0.15, 0.2) is 0 Å². The van der Waals surface area contributed by atoms with Crippen LogP contribution in [0.5, 0.6) is 0 Å². The van der Waals surface area contributed by atoms with Crippen LogP contribution in [0.2, 0.25) is 0 Å². The fourth-order valence-corrected chi connectivity index (χ4v) is 3.40. The molecule has 1 aromatic carbocycles. The van der Waals surface area contributed by atoms with Gasteiger partial charge in [0.1, 0.15) is 0 Å². The molecular formula is C21H36ClN3O. The van der Waals surface area contributed by atoms with E-state index in [1.165, 1.54) is 11.1 Å². The number of hydrogen-bond acceptors (Lipinski definition) is 3. The van der Waals surface area contributed by atoms with Gasteiger partial charge in [-0.05, 0) is 34.8 Å². The van der Waals surface area contributed by atoms with Gasteiger partial charge in [-0.1, -0.05) is 58.9 Å². The lowest BCUT2D eigenvalue weighted by Gasteiger charge is -2.42. The Hall–Kier alpha value is -1.10. The van der Waals surface area contributed by atoms with Crippen LogP contribution >= 0.6 is 12.4 Å². The van der Waals surface area contributed by atoms with Crippen LogP contribution in [-0.2, 0) is 16.6 Å². The first-order valence-electron chi connectivity index (χ1n) is 9.42. The molecule has 1 unspecified atom stereocenters. The molecule has 26 heavy (non-hydrogen) atoms. The second-order valence-corrected chi connectivity index (χ2v) is 9.14. The number of hydrogen-bond donors (Lipinski definition) is 2. The van der Waals surface area contributed by atoms with E-state index in [0.29, 0.717) is 13.1 Å². The third kappa shape index (κ3) is 6.57. The summed E-state index contributed by atoms with van der Waals surface area (Å²) >= 11 is 0. The van der Waals surface area contributed by atoms with Crippen molar-refractivity contribution in [2.45, 2.75) is 58.9 Å². The number of carbonyl (C=O) groups is 1. The van der Waals surface area contributed by atoms with E-state index in [4.69, 9.17) is 5.73 Å². The predicted octanol–water partition coefficient (Wildman–Crippen LogP) is 3.12. The molecule has 3 N–H and O–H groups in total. The third-order valence-electron chi connectivity index (χ3n) is 5.31. The van der Waals surface area contributed by atoms with Gasteiger partial charge in [0.2, 0.25) is 5.91 Å². The molecular weight excluding hydrogens is 346 g/mol. The first-order chi connectivity index (χ1) is 11.6. The van der Waals surface area contributed by atoms with Crippen LogP contribution in [0.4, 0.5) is 0 Å². The van der Waals surface area contributed by atoms with E-state index < -0.39 is 0 Å². The molecule has 1 aliphatic rings. The third-order valence-corrected chi connectivity index (χ3v) is 5.31. The summed E-state index contributed by atoms with van der Waals surface area (Å²) in [6.45, 7) is 14.0. The van der Waals surface area contributed by atoms with Crippen molar-refractivity contribution in [1.29, 1.82) is 0 Å². The molecule has 1 aliphatic heterocycles. The highest BCUT2D eigenvalue weighted by Crippen LogP contribution is 2.27. The van der Waals surface area contributed by atoms with Gasteiger partial charge in [0.05, 0.1) is 6.54 Å². The molecule has 1 saturated heterocycles. The van der Waals surface area contributed by atoms with Crippen LogP contribution in [0.1, 0.15) is 52.2 Å². The van der Waals surface area contributed by atoms with Crippen molar-refractivity contribution in [3.05, 3.63) is 35.4 Å². The summed E-state index contributed by atoms with van der Waals surface area (Å²) in [6, 6.07) is 8.94. The molecule has 0 radical (unpaired) electrons. The number of benzene rings is 1. The Bertz CT molecular complexity index is 578. The number of amides is 1. The second-order valence-electron chi connectivity index (χ2n) is 9.14. The van der Waals surface area contributed by atoms with Gasteiger partial charge < -0.3 is 11.1 Å². The summed E-state index contributed by atoms with van der Waals surface area (Å²) in [5.74, 6) is 0.109. The fourth-order valence-electron chi connectivity index (χ4n) is 3.40. The van der Waals surface area contributed by atoms with E-state index in [9.17, 15) is 4.79 Å². The maximum atomic E-state index is 12.2. The number of likely N-dealkylation sites (tertiary alicyclic amines) is 1. The molecule has 5 heteroatoms. The zero-order valence-electron chi connectivity index (χ0n) is 17.0. The van der Waals surface area contributed by atoms with Gasteiger partial charge in [-0.2, -0.15) is 0 Å². The van der Waals surface area contributed by atoms with Gasteiger partial charge in [0, 0.05) is 25.7 Å². The maximum Gasteiger partial charge on any atom is 0.234 e. The Kier molecular flexibility index (Phi) is 8.12. The minimum Gasteiger partial charge on any atom is -0.355 e. The maximum absolute atomic E-state index is 12.2. The number of nitrogens with zero attached hydrogens (tertiary/aromatic N) is 1. The molecule has 148 valence electrons. The van der Waals surface area contributed by atoms with Crippen LogP contribution in [0, 0.1) is 5.41 Å². The Labute approximate surface area is 165 Å². The SMILES string of the molecule is CC(C)(C)c1ccc(CCNC(=O)CN2CCC(N)C(C)(C)C2)cc1.Cl. The molecule has 4 nitrogen and oxygen atoms in total. The summed E-state index contributed by atoms with van der Waals surface area (Å²) in [7, 11) is 0. The standard InChI is InChI=1S/C21H35N3O.ClH/c1-20(2,3)17-8-6-16(7-9-17)10-12-23-19(25)14-24-13-11-18(22)21(4,5)15-24;/h6-9,18H,10-15,22H2,1-5H3,(H,23,25);1H. The number of piperidine rings is 1. The number of rotatable bonds is 5. The summed E-state index contributed by atoms with van der Waals surface area (Å²) in [4.78, 5) is 14.4. The van der Waals surface area contributed by atoms with Crippen molar-refractivity contribution < 1.29 is 4.79 Å². The quantitative estimate of drug-likeness (QED) is 0.823. The number of nitrogens with one attached hydrogen (secondary N) is 1. The van der Waals surface area contributed by atoms with Crippen molar-refractivity contribution in [3.63, 3.8) is 0 Å². The molecule has 0 aliphatic carbocycles. The van der Waals surface area contributed by atoms with Gasteiger partial charge in [-0.3, -0.25) is 9.69 Å². The summed E-state index contributed by atoms with van der Waals surface area (Å²) in [5.41, 5.74) is 9.02. The molecule has 1 atom stereocenters. The van der Waals surface area contributed by atoms with Crippen molar-refractivity contribution >= 4 is 18.3 Å². The molecule has 0 bridgehead atoms. The highest BCUT2D eigenvalue weighted by Gasteiger charge is 2.33. The summed E-state index contributed by atoms with van der Waals surface area (Å²) < 4.78 is 0. The van der Waals surface area contributed by atoms with Gasteiger partial charge >= 0.3 is 0 Å². The zero-order valence-corrected chi connectivity index (χ0v) is 17.8. The van der Waals surface area contributed by atoms with Crippen molar-refractivity contribution in [2.75, 3.05) is 26.2 Å². The first-order valence-corrected chi connectivity index (χ1v) is 9.42. The van der Waals surface area contributed by atoms with Gasteiger partial charge in [0.25, 0.3) is 0 Å². The summed E-state index contributed by atoms with van der Waals surface area (Å²) in [5, 5.41) is 3.05. The van der Waals surface area contributed by atoms with E-state index in [2.05, 4.69) is 69.1 Å². The topological polar surface area (TPSA) is 58.4 Å². The van der Waals surface area contributed by atoms with Crippen LogP contribution in [0.3, 0.4) is 0 Å². The fraction of sp³-hybridized carbons (Fsp3) is 0.667. The minimum atomic E-state index is 0. The molecule has 0 aromatic heterocycles. The largest absolute Gasteiger partial charge is 0.355 e. The highest BCUT2D eigenvalue weighted by atomic mass is 35.5. The van der Waals surface area contributed by atoms with Gasteiger partial charge in [-0.15, -0.1) is 12.4 Å². The van der Waals surface area contributed by atoms with Gasteiger partial charge in [-0.25, -0.2) is 0 Å². The second kappa shape index (κ2) is 9.20. The molecule has 1 aromatic rings. The van der Waals surface area contributed by atoms with Crippen molar-refractivity contribution in [1.82, 2.24) is 10.2 Å². The van der Waals surface area contributed by atoms with Crippen LogP contribution in [0.15, 0.2) is 24.3 Å². The van der Waals surface area contributed by atoms with E-state index in [1.54, 1.807) is 0 Å². The number of nitrogens with two attached hydrogens (primary N) is 1. The van der Waals surface area contributed by atoms with E-state index in [-0.39, 0.29) is 35.2 Å². The molecule has 2 rings (SSSR count).